The van der Waals surface area contributed by atoms with E-state index in [1.54, 1.807) is 30.5 Å². The topological polar surface area (TPSA) is 79.6 Å². The third-order valence-corrected chi connectivity index (χ3v) is 7.14. The molecule has 2 aromatic carbocycles. The number of hydrogen-bond acceptors (Lipinski definition) is 4. The summed E-state index contributed by atoms with van der Waals surface area (Å²) in [5, 5.41) is 3.78. The van der Waals surface area contributed by atoms with E-state index in [1.165, 1.54) is 29.5 Å². The van der Waals surface area contributed by atoms with Crippen LogP contribution < -0.4 is 5.32 Å². The van der Waals surface area contributed by atoms with Gasteiger partial charge in [-0.2, -0.15) is 0 Å². The minimum atomic E-state index is -3.58. The van der Waals surface area contributed by atoms with Gasteiger partial charge in [0.1, 0.15) is 5.58 Å². The maximum atomic E-state index is 12.6. The first-order valence-corrected chi connectivity index (χ1v) is 11.3. The molecule has 3 aromatic rings. The molecule has 3 rings (SSSR count). The Morgan fingerprint density at radius 2 is 1.83 bits per heavy atom. The zero-order valence-electron chi connectivity index (χ0n) is 18.0. The molecule has 1 aromatic heterocycles. The van der Waals surface area contributed by atoms with E-state index < -0.39 is 10.0 Å². The Morgan fingerprint density at radius 3 is 2.50 bits per heavy atom. The summed E-state index contributed by atoms with van der Waals surface area (Å²) in [6.07, 6.45) is 1.79. The number of hydrogen-bond donors (Lipinski definition) is 1. The molecule has 0 fully saturated rings. The van der Waals surface area contributed by atoms with Gasteiger partial charge in [0.2, 0.25) is 15.9 Å². The molecule has 160 valence electrons. The van der Waals surface area contributed by atoms with E-state index in [9.17, 15) is 13.2 Å². The summed E-state index contributed by atoms with van der Waals surface area (Å²) < 4.78 is 31.9. The van der Waals surface area contributed by atoms with Crippen molar-refractivity contribution in [3.8, 4) is 0 Å². The molecular formula is C23H28N2O4S. The fourth-order valence-corrected chi connectivity index (χ4v) is 4.65. The van der Waals surface area contributed by atoms with Gasteiger partial charge in [-0.3, -0.25) is 4.79 Å². The highest BCUT2D eigenvalue weighted by atomic mass is 32.2. The Kier molecular flexibility index (Phi) is 6.33. The fraction of sp³-hybridized carbons (Fsp3) is 0.348. The predicted molar refractivity (Wildman–Crippen MR) is 118 cm³/mol. The van der Waals surface area contributed by atoms with Crippen molar-refractivity contribution in [3.63, 3.8) is 0 Å². The number of amides is 1. The van der Waals surface area contributed by atoms with Gasteiger partial charge in [-0.25, -0.2) is 12.7 Å². The lowest BCUT2D eigenvalue weighted by Gasteiger charge is -2.15. The summed E-state index contributed by atoms with van der Waals surface area (Å²) in [4.78, 5) is 12.8. The van der Waals surface area contributed by atoms with Gasteiger partial charge < -0.3 is 9.73 Å². The van der Waals surface area contributed by atoms with Crippen LogP contribution in [0.4, 0.5) is 0 Å². The SMILES string of the molecule is Cc1cc2occ(CC(=O)NCc3ccccc3S(=O)(=O)N(C)C)c2cc1C(C)C. The molecule has 0 aliphatic carbocycles. The van der Waals surface area contributed by atoms with Crippen LogP contribution in [0.25, 0.3) is 11.0 Å². The number of rotatable bonds is 7. The molecule has 0 aliphatic heterocycles. The van der Waals surface area contributed by atoms with Gasteiger partial charge in [0.15, 0.2) is 0 Å². The van der Waals surface area contributed by atoms with E-state index in [4.69, 9.17) is 4.42 Å². The van der Waals surface area contributed by atoms with E-state index >= 15 is 0 Å². The summed E-state index contributed by atoms with van der Waals surface area (Å²) in [6, 6.07) is 10.8. The summed E-state index contributed by atoms with van der Waals surface area (Å²) in [5.74, 6) is 0.183. The lowest BCUT2D eigenvalue weighted by Crippen LogP contribution is -2.27. The van der Waals surface area contributed by atoms with E-state index in [2.05, 4.69) is 32.2 Å². The zero-order valence-corrected chi connectivity index (χ0v) is 18.8. The number of benzene rings is 2. The van der Waals surface area contributed by atoms with Crippen molar-refractivity contribution < 1.29 is 17.6 Å². The van der Waals surface area contributed by atoms with Gasteiger partial charge in [-0.1, -0.05) is 32.0 Å². The van der Waals surface area contributed by atoms with Crippen molar-refractivity contribution >= 4 is 26.9 Å². The highest BCUT2D eigenvalue weighted by Crippen LogP contribution is 2.29. The van der Waals surface area contributed by atoms with Crippen LogP contribution in [-0.4, -0.2) is 32.7 Å². The lowest BCUT2D eigenvalue weighted by molar-refractivity contribution is -0.120. The maximum Gasteiger partial charge on any atom is 0.242 e. The molecule has 7 heteroatoms. The van der Waals surface area contributed by atoms with E-state index in [0.29, 0.717) is 11.5 Å². The Morgan fingerprint density at radius 1 is 1.13 bits per heavy atom. The van der Waals surface area contributed by atoms with Crippen molar-refractivity contribution in [2.45, 2.75) is 44.6 Å². The Balaban J connectivity index is 1.78. The number of sulfonamides is 1. The van der Waals surface area contributed by atoms with E-state index in [0.717, 1.165) is 16.5 Å². The fourth-order valence-electron chi connectivity index (χ4n) is 3.53. The lowest BCUT2D eigenvalue weighted by atomic mass is 9.95. The quantitative estimate of drug-likeness (QED) is 0.617. The van der Waals surface area contributed by atoms with E-state index in [1.807, 2.05) is 6.07 Å². The van der Waals surface area contributed by atoms with Gasteiger partial charge in [-0.05, 0) is 47.7 Å². The number of carbonyl (C=O) groups excluding carboxylic acids is 1. The number of carbonyl (C=O) groups is 1. The van der Waals surface area contributed by atoms with Crippen LogP contribution in [0.1, 0.15) is 42.0 Å². The average molecular weight is 429 g/mol. The molecular weight excluding hydrogens is 400 g/mol. The van der Waals surface area contributed by atoms with Crippen LogP contribution in [0.3, 0.4) is 0 Å². The molecule has 0 bridgehead atoms. The molecule has 1 amide bonds. The first kappa shape index (κ1) is 22.1. The summed E-state index contributed by atoms with van der Waals surface area (Å²) in [7, 11) is -0.608. The molecule has 6 nitrogen and oxygen atoms in total. The van der Waals surface area contributed by atoms with Crippen molar-refractivity contribution in [1.82, 2.24) is 9.62 Å². The molecule has 0 saturated heterocycles. The van der Waals surface area contributed by atoms with Crippen LogP contribution in [0.2, 0.25) is 0 Å². The third-order valence-electron chi connectivity index (χ3n) is 5.22. The molecule has 1 heterocycles. The summed E-state index contributed by atoms with van der Waals surface area (Å²) >= 11 is 0. The summed E-state index contributed by atoms with van der Waals surface area (Å²) in [5.41, 5.74) is 4.53. The van der Waals surface area contributed by atoms with E-state index in [-0.39, 0.29) is 23.8 Å². The molecule has 30 heavy (non-hydrogen) atoms. The van der Waals surface area contributed by atoms with Gasteiger partial charge >= 0.3 is 0 Å². The van der Waals surface area contributed by atoms with Gasteiger partial charge in [0.25, 0.3) is 0 Å². The Bertz CT molecular complexity index is 1180. The van der Waals surface area contributed by atoms with Crippen molar-refractivity contribution in [2.24, 2.45) is 0 Å². The van der Waals surface area contributed by atoms with Crippen LogP contribution in [0, 0.1) is 6.92 Å². The minimum Gasteiger partial charge on any atom is -0.464 e. The average Bonchev–Trinajstić information content (AvgIpc) is 3.07. The second-order valence-corrected chi connectivity index (χ2v) is 10.1. The molecule has 0 aliphatic rings. The van der Waals surface area contributed by atoms with Gasteiger partial charge in [0, 0.05) is 31.6 Å². The van der Waals surface area contributed by atoms with Gasteiger partial charge in [0.05, 0.1) is 17.6 Å². The molecule has 0 saturated carbocycles. The first-order valence-electron chi connectivity index (χ1n) is 9.89. The van der Waals surface area contributed by atoms with Crippen molar-refractivity contribution in [1.29, 1.82) is 0 Å². The first-order chi connectivity index (χ1) is 14.1. The normalized spacial score (nSPS) is 12.1. The molecule has 0 radical (unpaired) electrons. The third kappa shape index (κ3) is 4.42. The number of nitrogens with zero attached hydrogens (tertiary/aromatic N) is 1. The standard InChI is InChI=1S/C23H28N2O4S/c1-15(2)19-12-20-18(14-29-21(20)10-16(19)3)11-23(26)24-13-17-8-6-7-9-22(17)30(27,28)25(4)5/h6-10,12,14-15H,11,13H2,1-5H3,(H,24,26). The number of furan rings is 1. The predicted octanol–water partition coefficient (Wildman–Crippen LogP) is 3.97. The number of nitrogens with one attached hydrogen (secondary N) is 1. The number of fused-ring (bicyclic) bond motifs is 1. The van der Waals surface area contributed by atoms with Crippen LogP contribution >= 0.6 is 0 Å². The highest BCUT2D eigenvalue weighted by molar-refractivity contribution is 7.89. The summed E-state index contributed by atoms with van der Waals surface area (Å²) in [6.45, 7) is 6.47. The van der Waals surface area contributed by atoms with Crippen LogP contribution in [0.5, 0.6) is 0 Å². The molecule has 0 spiro atoms. The van der Waals surface area contributed by atoms with Gasteiger partial charge in [-0.15, -0.1) is 0 Å². The van der Waals surface area contributed by atoms with Crippen LogP contribution in [0.15, 0.2) is 52.0 Å². The Labute approximate surface area is 177 Å². The van der Waals surface area contributed by atoms with Crippen molar-refractivity contribution in [2.75, 3.05) is 14.1 Å². The zero-order chi connectivity index (χ0) is 22.1. The second kappa shape index (κ2) is 8.62. The highest BCUT2D eigenvalue weighted by Gasteiger charge is 2.21. The smallest absolute Gasteiger partial charge is 0.242 e. The van der Waals surface area contributed by atoms with Crippen molar-refractivity contribution in [3.05, 3.63) is 64.9 Å². The second-order valence-electron chi connectivity index (χ2n) is 7.97. The van der Waals surface area contributed by atoms with Crippen LogP contribution in [-0.2, 0) is 27.8 Å². The maximum absolute atomic E-state index is 12.6. The molecule has 1 N–H and O–H groups in total. The minimum absolute atomic E-state index is 0.133. The largest absolute Gasteiger partial charge is 0.464 e. The molecule has 0 atom stereocenters. The number of aryl methyl sites for hydroxylation is 1. The monoisotopic (exact) mass is 428 g/mol. The Hall–Kier alpha value is -2.64. The molecule has 0 unspecified atom stereocenters.